The minimum Gasteiger partial charge on any atom is -0.490 e. The number of hydrogen-bond donors (Lipinski definition) is 1. The largest absolute Gasteiger partial charge is 0.490 e. The molecule has 0 aliphatic carbocycles. The van der Waals surface area contributed by atoms with Gasteiger partial charge in [0.25, 0.3) is 5.91 Å². The van der Waals surface area contributed by atoms with E-state index >= 15 is 0 Å². The molecule has 2 aromatic rings. The van der Waals surface area contributed by atoms with Crippen LogP contribution in [0.2, 0.25) is 5.02 Å². The number of carbonyl (C=O) groups is 1. The maximum atomic E-state index is 12.6. The lowest BCUT2D eigenvalue weighted by atomic mass is 10.1. The van der Waals surface area contributed by atoms with Crippen molar-refractivity contribution in [1.29, 1.82) is 5.41 Å². The van der Waals surface area contributed by atoms with E-state index in [4.69, 9.17) is 31.2 Å². The van der Waals surface area contributed by atoms with Gasteiger partial charge >= 0.3 is 0 Å². The Morgan fingerprint density at radius 2 is 1.86 bits per heavy atom. The fourth-order valence-corrected chi connectivity index (χ4v) is 4.49. The van der Waals surface area contributed by atoms with Gasteiger partial charge in [-0.15, -0.1) is 0 Å². The smallest absolute Gasteiger partial charge is 0.283 e. The van der Waals surface area contributed by atoms with E-state index < -0.39 is 5.91 Å². The van der Waals surface area contributed by atoms with Crippen LogP contribution in [0.15, 0.2) is 46.0 Å². The number of hydrazone groups is 1. The number of hydrogen-bond acceptors (Lipinski definition) is 7. The second kappa shape index (κ2) is 10.5. The van der Waals surface area contributed by atoms with E-state index in [2.05, 4.69) is 10.1 Å². The van der Waals surface area contributed by atoms with Crippen molar-refractivity contribution in [3.63, 3.8) is 0 Å². The summed E-state index contributed by atoms with van der Waals surface area (Å²) >= 11 is 7.79. The van der Waals surface area contributed by atoms with Crippen molar-refractivity contribution in [2.75, 3.05) is 19.8 Å². The number of ether oxygens (including phenoxy) is 3. The first-order valence-electron chi connectivity index (χ1n) is 11.0. The summed E-state index contributed by atoms with van der Waals surface area (Å²) in [6, 6.07) is 9.42. The SMILES string of the molecule is CCOc1cc(C=C2C(=N)N3N=C(C)SC3=NC2=O)cc(Cl)c1OCCOc1cc(C)ccc1C. The fourth-order valence-electron chi connectivity index (χ4n) is 3.49. The van der Waals surface area contributed by atoms with Crippen molar-refractivity contribution in [2.45, 2.75) is 27.7 Å². The molecule has 4 rings (SSSR count). The van der Waals surface area contributed by atoms with Gasteiger partial charge < -0.3 is 14.2 Å². The molecule has 2 aromatic carbocycles. The zero-order valence-corrected chi connectivity index (χ0v) is 21.4. The van der Waals surface area contributed by atoms with Gasteiger partial charge in [0.05, 0.1) is 22.2 Å². The molecule has 0 spiro atoms. The Bertz CT molecular complexity index is 1290. The molecule has 0 bridgehead atoms. The van der Waals surface area contributed by atoms with Gasteiger partial charge in [-0.1, -0.05) is 23.7 Å². The topological polar surface area (TPSA) is 96.6 Å². The van der Waals surface area contributed by atoms with Crippen molar-refractivity contribution in [3.05, 3.63) is 57.6 Å². The third kappa shape index (κ3) is 5.52. The van der Waals surface area contributed by atoms with Gasteiger partial charge in [0, 0.05) is 0 Å². The number of amides is 1. The number of aliphatic imine (C=N–C) groups is 1. The van der Waals surface area contributed by atoms with Crippen LogP contribution in [0.4, 0.5) is 0 Å². The van der Waals surface area contributed by atoms with Crippen molar-refractivity contribution in [1.82, 2.24) is 5.01 Å². The molecule has 0 saturated heterocycles. The Morgan fingerprint density at radius 3 is 2.63 bits per heavy atom. The van der Waals surface area contributed by atoms with E-state index in [-0.39, 0.29) is 18.0 Å². The number of thioether (sulfide) groups is 1. The fraction of sp³-hybridized carbons (Fsp3) is 0.280. The van der Waals surface area contributed by atoms with E-state index in [1.54, 1.807) is 25.1 Å². The van der Waals surface area contributed by atoms with Crippen LogP contribution in [0, 0.1) is 19.3 Å². The van der Waals surface area contributed by atoms with Crippen LogP contribution in [-0.2, 0) is 4.79 Å². The molecule has 0 radical (unpaired) electrons. The summed E-state index contributed by atoms with van der Waals surface area (Å²) in [5, 5.41) is 15.4. The number of nitrogens with zero attached hydrogens (tertiary/aromatic N) is 3. The van der Waals surface area contributed by atoms with Crippen LogP contribution >= 0.6 is 23.4 Å². The molecule has 0 saturated carbocycles. The van der Waals surface area contributed by atoms with E-state index in [0.717, 1.165) is 16.9 Å². The molecule has 0 unspecified atom stereocenters. The molecule has 0 aromatic heterocycles. The number of fused-ring (bicyclic) bond motifs is 1. The lowest BCUT2D eigenvalue weighted by Crippen LogP contribution is -2.35. The Labute approximate surface area is 213 Å². The van der Waals surface area contributed by atoms with Gasteiger partial charge in [-0.05, 0) is 80.4 Å². The Morgan fingerprint density at radius 1 is 1.09 bits per heavy atom. The standard InChI is InChI=1S/C25H25ClN4O4S/c1-5-32-21-13-17(11-18-23(27)30-25(28-24(18)31)35-16(4)29-30)12-19(26)22(21)34-9-8-33-20-10-14(2)6-7-15(20)3/h6-7,10-13,27H,5,8-9H2,1-4H3. The molecule has 2 heterocycles. The number of carbonyl (C=O) groups excluding carboxylic acids is 1. The molecular formula is C25H25ClN4O4S. The molecule has 182 valence electrons. The number of amidine groups is 2. The summed E-state index contributed by atoms with van der Waals surface area (Å²) in [5.74, 6) is 1.09. The van der Waals surface area contributed by atoms with Gasteiger partial charge in [-0.2, -0.15) is 15.1 Å². The second-order valence-corrected chi connectivity index (χ2v) is 9.44. The highest BCUT2D eigenvalue weighted by molar-refractivity contribution is 8.26. The Hall–Kier alpha value is -3.30. The highest BCUT2D eigenvalue weighted by atomic mass is 35.5. The number of nitrogens with one attached hydrogen (secondary N) is 1. The predicted molar refractivity (Wildman–Crippen MR) is 140 cm³/mol. The quantitative estimate of drug-likeness (QED) is 0.373. The molecule has 0 atom stereocenters. The van der Waals surface area contributed by atoms with E-state index in [1.807, 2.05) is 39.0 Å². The zero-order valence-electron chi connectivity index (χ0n) is 19.8. The van der Waals surface area contributed by atoms with Crippen LogP contribution in [-0.4, -0.2) is 46.8 Å². The summed E-state index contributed by atoms with van der Waals surface area (Å²) in [6.07, 6.45) is 1.56. The molecule has 0 fully saturated rings. The Balaban J connectivity index is 1.52. The van der Waals surface area contributed by atoms with E-state index in [1.165, 1.54) is 16.8 Å². The predicted octanol–water partition coefficient (Wildman–Crippen LogP) is 5.45. The first-order valence-corrected chi connectivity index (χ1v) is 12.2. The lowest BCUT2D eigenvalue weighted by molar-refractivity contribution is -0.114. The maximum absolute atomic E-state index is 12.6. The van der Waals surface area contributed by atoms with Crippen LogP contribution in [0.5, 0.6) is 17.2 Å². The molecule has 8 nitrogen and oxygen atoms in total. The molecule has 2 aliphatic rings. The van der Waals surface area contributed by atoms with Crippen LogP contribution in [0.3, 0.4) is 0 Å². The molecule has 1 N–H and O–H groups in total. The van der Waals surface area contributed by atoms with Crippen LogP contribution in [0.1, 0.15) is 30.5 Å². The van der Waals surface area contributed by atoms with E-state index in [0.29, 0.717) is 45.5 Å². The zero-order chi connectivity index (χ0) is 25.1. The lowest BCUT2D eigenvalue weighted by Gasteiger charge is -2.20. The first kappa shape index (κ1) is 24.8. The van der Waals surface area contributed by atoms with Gasteiger partial charge in [-0.25, -0.2) is 0 Å². The van der Waals surface area contributed by atoms with Crippen molar-refractivity contribution in [2.24, 2.45) is 10.1 Å². The van der Waals surface area contributed by atoms with Crippen LogP contribution < -0.4 is 14.2 Å². The molecule has 1 amide bonds. The molecule has 10 heteroatoms. The van der Waals surface area contributed by atoms with Crippen molar-refractivity contribution in [3.8, 4) is 17.2 Å². The molecular weight excluding hydrogens is 488 g/mol. The van der Waals surface area contributed by atoms with Crippen LogP contribution in [0.25, 0.3) is 6.08 Å². The van der Waals surface area contributed by atoms with Gasteiger partial charge in [0.2, 0.25) is 5.17 Å². The monoisotopic (exact) mass is 512 g/mol. The number of halogens is 1. The number of rotatable bonds is 8. The summed E-state index contributed by atoms with van der Waals surface area (Å²) in [6.45, 7) is 8.65. The Kier molecular flexibility index (Phi) is 7.47. The van der Waals surface area contributed by atoms with Crippen molar-refractivity contribution >= 4 is 51.4 Å². The number of benzene rings is 2. The van der Waals surface area contributed by atoms with Gasteiger partial charge in [0.1, 0.15) is 19.0 Å². The first-order chi connectivity index (χ1) is 16.8. The normalized spacial score (nSPS) is 16.3. The minimum atomic E-state index is -0.503. The van der Waals surface area contributed by atoms with Crippen molar-refractivity contribution < 1.29 is 19.0 Å². The average Bonchev–Trinajstić information content (AvgIpc) is 3.18. The minimum absolute atomic E-state index is 0.0395. The average molecular weight is 513 g/mol. The summed E-state index contributed by atoms with van der Waals surface area (Å²) in [5.41, 5.74) is 2.86. The summed E-state index contributed by atoms with van der Waals surface area (Å²) < 4.78 is 17.5. The van der Waals surface area contributed by atoms with Gasteiger partial charge in [-0.3, -0.25) is 10.2 Å². The second-order valence-electron chi connectivity index (χ2n) is 7.87. The molecule has 2 aliphatic heterocycles. The third-order valence-corrected chi connectivity index (χ3v) is 6.23. The van der Waals surface area contributed by atoms with Gasteiger partial charge in [0.15, 0.2) is 17.3 Å². The van der Waals surface area contributed by atoms with E-state index in [9.17, 15) is 4.79 Å². The third-order valence-electron chi connectivity index (χ3n) is 5.13. The highest BCUT2D eigenvalue weighted by Crippen LogP contribution is 2.38. The summed E-state index contributed by atoms with van der Waals surface area (Å²) in [7, 11) is 0. The highest BCUT2D eigenvalue weighted by Gasteiger charge is 2.34. The molecule has 35 heavy (non-hydrogen) atoms. The maximum Gasteiger partial charge on any atom is 0.283 e. The summed E-state index contributed by atoms with van der Waals surface area (Å²) in [4.78, 5) is 16.6. The number of aryl methyl sites for hydroxylation is 2.